The van der Waals surface area contributed by atoms with Crippen LogP contribution in [0.4, 0.5) is 10.7 Å². The highest BCUT2D eigenvalue weighted by Gasteiger charge is 2.17. The number of carbonyl (C=O) groups is 3. The first-order chi connectivity index (χ1) is 23.3. The van der Waals surface area contributed by atoms with Crippen LogP contribution in [0.2, 0.25) is 0 Å². The highest BCUT2D eigenvalue weighted by atomic mass is 32.2. The highest BCUT2D eigenvalue weighted by molar-refractivity contribution is 8.00. The molecule has 0 saturated heterocycles. The molecular formula is C38H32N4O4S2. The Hall–Kier alpha value is -5.63. The molecule has 5 aromatic rings. The molecule has 1 aromatic heterocycles. The molecule has 3 N–H and O–H groups in total. The summed E-state index contributed by atoms with van der Waals surface area (Å²) in [5, 5.41) is 20.7. The Bertz CT molecular complexity index is 1980. The smallest absolute Gasteiger partial charge is 0.272 e. The number of hydrogen-bond acceptors (Lipinski definition) is 7. The SMILES string of the molecule is CCOc1ccc(/C=C(/NC(=O)c2ccccc2)C(=O)Nc2cccc(SCC(=O)Nc3scc(-c4ccc(C)cc4)c3C#N)c2)cc1. The third-order valence-electron chi connectivity index (χ3n) is 7.01. The van der Waals surface area contributed by atoms with Gasteiger partial charge in [0.05, 0.1) is 17.9 Å². The van der Waals surface area contributed by atoms with E-state index in [1.807, 2.05) is 55.6 Å². The Labute approximate surface area is 287 Å². The molecule has 0 fully saturated rings. The Balaban J connectivity index is 1.25. The lowest BCUT2D eigenvalue weighted by Crippen LogP contribution is -2.30. The van der Waals surface area contributed by atoms with Gasteiger partial charge in [0.1, 0.15) is 22.5 Å². The van der Waals surface area contributed by atoms with Gasteiger partial charge < -0.3 is 20.7 Å². The molecule has 0 atom stereocenters. The van der Waals surface area contributed by atoms with E-state index in [1.54, 1.807) is 72.8 Å². The van der Waals surface area contributed by atoms with Gasteiger partial charge in [0.2, 0.25) is 5.91 Å². The predicted molar refractivity (Wildman–Crippen MR) is 193 cm³/mol. The molecule has 10 heteroatoms. The van der Waals surface area contributed by atoms with Crippen LogP contribution >= 0.6 is 23.1 Å². The largest absolute Gasteiger partial charge is 0.494 e. The van der Waals surface area contributed by atoms with Gasteiger partial charge in [-0.3, -0.25) is 14.4 Å². The number of ether oxygens (including phenoxy) is 1. The lowest BCUT2D eigenvalue weighted by Gasteiger charge is -2.12. The van der Waals surface area contributed by atoms with E-state index in [-0.39, 0.29) is 17.4 Å². The summed E-state index contributed by atoms with van der Waals surface area (Å²) in [6.45, 7) is 4.43. The quantitative estimate of drug-likeness (QED) is 0.0909. The molecule has 0 aliphatic heterocycles. The van der Waals surface area contributed by atoms with E-state index in [9.17, 15) is 19.6 Å². The van der Waals surface area contributed by atoms with Crippen LogP contribution in [-0.4, -0.2) is 30.1 Å². The second-order valence-corrected chi connectivity index (χ2v) is 12.5. The van der Waals surface area contributed by atoms with Crippen LogP contribution < -0.4 is 20.7 Å². The summed E-state index contributed by atoms with van der Waals surface area (Å²) in [5.41, 5.74) is 4.91. The maximum Gasteiger partial charge on any atom is 0.272 e. The van der Waals surface area contributed by atoms with E-state index in [2.05, 4.69) is 22.0 Å². The average Bonchev–Trinajstić information content (AvgIpc) is 3.51. The topological polar surface area (TPSA) is 120 Å². The van der Waals surface area contributed by atoms with Crippen molar-refractivity contribution in [2.24, 2.45) is 0 Å². The van der Waals surface area contributed by atoms with Gasteiger partial charge in [0.15, 0.2) is 0 Å². The number of carbonyl (C=O) groups excluding carboxylic acids is 3. The van der Waals surface area contributed by atoms with Gasteiger partial charge in [-0.2, -0.15) is 5.26 Å². The molecule has 0 spiro atoms. The van der Waals surface area contributed by atoms with Gasteiger partial charge in [0, 0.05) is 27.1 Å². The molecule has 0 aliphatic rings. The van der Waals surface area contributed by atoms with Crippen molar-refractivity contribution in [3.63, 3.8) is 0 Å². The summed E-state index contributed by atoms with van der Waals surface area (Å²) in [4.78, 5) is 40.1. The lowest BCUT2D eigenvalue weighted by atomic mass is 10.0. The van der Waals surface area contributed by atoms with Gasteiger partial charge in [-0.1, -0.05) is 66.2 Å². The summed E-state index contributed by atoms with van der Waals surface area (Å²) < 4.78 is 5.51. The van der Waals surface area contributed by atoms with Gasteiger partial charge >= 0.3 is 0 Å². The molecule has 0 aliphatic carbocycles. The monoisotopic (exact) mass is 672 g/mol. The fraction of sp³-hybridized carbons (Fsp3) is 0.105. The zero-order chi connectivity index (χ0) is 33.9. The van der Waals surface area contributed by atoms with E-state index in [1.165, 1.54) is 23.1 Å². The number of hydrogen-bond donors (Lipinski definition) is 3. The van der Waals surface area contributed by atoms with Crippen LogP contribution in [0.5, 0.6) is 5.75 Å². The molecule has 48 heavy (non-hydrogen) atoms. The summed E-state index contributed by atoms with van der Waals surface area (Å²) in [6.07, 6.45) is 1.60. The molecule has 0 radical (unpaired) electrons. The highest BCUT2D eigenvalue weighted by Crippen LogP contribution is 2.35. The number of anilines is 2. The standard InChI is InChI=1S/C38H32N4O4S2/c1-3-46-30-18-14-26(15-19-30)20-34(41-36(44)28-8-5-4-6-9-28)37(45)40-29-10-7-11-31(21-29)47-24-35(43)42-38-32(22-39)33(23-48-38)27-16-12-25(2)13-17-27/h4-21,23H,3,24H2,1-2H3,(H,40,45)(H,41,44)(H,42,43)/b34-20+. The van der Waals surface area contributed by atoms with Crippen molar-refractivity contribution in [1.29, 1.82) is 5.26 Å². The first-order valence-corrected chi connectivity index (χ1v) is 16.9. The Morgan fingerprint density at radius 3 is 2.38 bits per heavy atom. The van der Waals surface area contributed by atoms with Crippen molar-refractivity contribution >= 4 is 57.6 Å². The normalized spacial score (nSPS) is 10.9. The van der Waals surface area contributed by atoms with Crippen molar-refractivity contribution in [2.45, 2.75) is 18.7 Å². The summed E-state index contributed by atoms with van der Waals surface area (Å²) in [5.74, 6) is -0.401. The van der Waals surface area contributed by atoms with E-state index in [0.29, 0.717) is 39.7 Å². The van der Waals surface area contributed by atoms with Crippen LogP contribution in [0.1, 0.15) is 34.0 Å². The number of aryl methyl sites for hydroxylation is 1. The van der Waals surface area contributed by atoms with Crippen molar-refractivity contribution in [3.8, 4) is 22.9 Å². The third kappa shape index (κ3) is 9.00. The maximum atomic E-state index is 13.5. The number of nitrogens with one attached hydrogen (secondary N) is 3. The molecule has 0 bridgehead atoms. The molecule has 4 aromatic carbocycles. The number of nitrogens with zero attached hydrogens (tertiary/aromatic N) is 1. The number of amides is 3. The average molecular weight is 673 g/mol. The minimum Gasteiger partial charge on any atom is -0.494 e. The lowest BCUT2D eigenvalue weighted by molar-refractivity contribution is -0.114. The van der Waals surface area contributed by atoms with Crippen molar-refractivity contribution in [2.75, 3.05) is 23.0 Å². The Morgan fingerprint density at radius 1 is 0.917 bits per heavy atom. The zero-order valence-corrected chi connectivity index (χ0v) is 27.9. The van der Waals surface area contributed by atoms with Crippen LogP contribution in [-0.2, 0) is 9.59 Å². The van der Waals surface area contributed by atoms with Crippen LogP contribution in [0.25, 0.3) is 17.2 Å². The molecule has 8 nitrogen and oxygen atoms in total. The number of nitriles is 1. The minimum atomic E-state index is -0.515. The van der Waals surface area contributed by atoms with Gasteiger partial charge in [0.25, 0.3) is 11.8 Å². The van der Waals surface area contributed by atoms with Gasteiger partial charge in [-0.25, -0.2) is 0 Å². The van der Waals surface area contributed by atoms with Crippen LogP contribution in [0.3, 0.4) is 0 Å². The Kier molecular flexibility index (Phi) is 11.4. The molecule has 3 amide bonds. The van der Waals surface area contributed by atoms with E-state index >= 15 is 0 Å². The van der Waals surface area contributed by atoms with E-state index in [4.69, 9.17) is 4.74 Å². The minimum absolute atomic E-state index is 0.0553. The fourth-order valence-electron chi connectivity index (χ4n) is 4.62. The number of rotatable bonds is 12. The Morgan fingerprint density at radius 2 is 1.67 bits per heavy atom. The van der Waals surface area contributed by atoms with Crippen molar-refractivity contribution < 1.29 is 19.1 Å². The first-order valence-electron chi connectivity index (χ1n) is 15.1. The summed E-state index contributed by atoms with van der Waals surface area (Å²) in [7, 11) is 0. The fourth-order valence-corrected chi connectivity index (χ4v) is 6.31. The summed E-state index contributed by atoms with van der Waals surface area (Å²) in [6, 6.07) is 33.0. The molecule has 240 valence electrons. The molecule has 1 heterocycles. The first kappa shape index (κ1) is 33.7. The van der Waals surface area contributed by atoms with Crippen molar-refractivity contribution in [3.05, 3.63) is 136 Å². The second kappa shape index (κ2) is 16.3. The summed E-state index contributed by atoms with van der Waals surface area (Å²) >= 11 is 2.61. The molecule has 5 rings (SSSR count). The molecule has 0 saturated carbocycles. The van der Waals surface area contributed by atoms with Crippen LogP contribution in [0.15, 0.2) is 119 Å². The maximum absolute atomic E-state index is 13.5. The van der Waals surface area contributed by atoms with Gasteiger partial charge in [-0.15, -0.1) is 23.1 Å². The number of benzene rings is 4. The number of thioether (sulfide) groups is 1. The third-order valence-corrected chi connectivity index (χ3v) is 8.90. The second-order valence-electron chi connectivity index (χ2n) is 10.5. The van der Waals surface area contributed by atoms with Crippen molar-refractivity contribution in [1.82, 2.24) is 5.32 Å². The van der Waals surface area contributed by atoms with E-state index < -0.39 is 11.8 Å². The van der Waals surface area contributed by atoms with E-state index in [0.717, 1.165) is 21.6 Å². The molecular weight excluding hydrogens is 641 g/mol. The molecule has 0 unspecified atom stereocenters. The number of thiophene rings is 1. The van der Waals surface area contributed by atoms with Gasteiger partial charge in [-0.05, 0) is 73.5 Å². The zero-order valence-electron chi connectivity index (χ0n) is 26.3. The van der Waals surface area contributed by atoms with Crippen LogP contribution in [0, 0.1) is 18.3 Å². The predicted octanol–water partition coefficient (Wildman–Crippen LogP) is 8.13.